The Balaban J connectivity index is 2.36. The second-order valence-corrected chi connectivity index (χ2v) is 4.94. The van der Waals surface area contributed by atoms with Gasteiger partial charge >= 0.3 is 5.97 Å². The molecule has 1 saturated carbocycles. The molecule has 0 heterocycles. The summed E-state index contributed by atoms with van der Waals surface area (Å²) >= 11 is 0. The van der Waals surface area contributed by atoms with E-state index in [1.54, 1.807) is 13.0 Å². The Morgan fingerprint density at radius 2 is 2.24 bits per heavy atom. The van der Waals surface area contributed by atoms with Gasteiger partial charge in [0.1, 0.15) is 12.4 Å². The van der Waals surface area contributed by atoms with Crippen LogP contribution in [0.5, 0.6) is 0 Å². The van der Waals surface area contributed by atoms with Gasteiger partial charge in [-0.15, -0.1) is 10.1 Å². The number of allylic oxidation sites excluding steroid dienone is 1. The van der Waals surface area contributed by atoms with Gasteiger partial charge < -0.3 is 9.57 Å². The summed E-state index contributed by atoms with van der Waals surface area (Å²) in [5.74, 6) is 0.0449. The van der Waals surface area contributed by atoms with E-state index in [0.717, 1.165) is 6.42 Å². The maximum Gasteiger partial charge on any atom is 0.305 e. The van der Waals surface area contributed by atoms with Crippen LogP contribution in [0.15, 0.2) is 12.2 Å². The van der Waals surface area contributed by atoms with Crippen molar-refractivity contribution in [1.82, 2.24) is 0 Å². The molecule has 1 fully saturated rings. The van der Waals surface area contributed by atoms with Gasteiger partial charge in [-0.25, -0.2) is 0 Å². The van der Waals surface area contributed by atoms with Gasteiger partial charge in [0.25, 0.3) is 5.09 Å². The highest BCUT2D eigenvalue weighted by Gasteiger charge is 2.33. The number of ether oxygens (including phenoxy) is 1. The van der Waals surface area contributed by atoms with Crippen molar-refractivity contribution in [2.75, 3.05) is 13.2 Å². The molecule has 0 saturated heterocycles. The number of carbonyl (C=O) groups is 2. The highest BCUT2D eigenvalue weighted by atomic mass is 16.9. The van der Waals surface area contributed by atoms with E-state index in [1.807, 2.05) is 0 Å². The average molecular weight is 299 g/mol. The third kappa shape index (κ3) is 6.37. The minimum Gasteiger partial charge on any atom is -0.466 e. The lowest BCUT2D eigenvalue weighted by Gasteiger charge is -2.16. The Kier molecular flexibility index (Phi) is 7.42. The van der Waals surface area contributed by atoms with Crippen LogP contribution in [0.2, 0.25) is 0 Å². The van der Waals surface area contributed by atoms with Gasteiger partial charge in [-0.05, 0) is 32.1 Å². The summed E-state index contributed by atoms with van der Waals surface area (Å²) in [6.45, 7) is 2.02. The molecule has 7 nitrogen and oxygen atoms in total. The van der Waals surface area contributed by atoms with Crippen molar-refractivity contribution in [2.45, 2.75) is 39.0 Å². The molecule has 0 spiro atoms. The summed E-state index contributed by atoms with van der Waals surface area (Å²) in [6.07, 6.45) is 6.11. The van der Waals surface area contributed by atoms with Crippen LogP contribution in [0.1, 0.15) is 39.0 Å². The first-order valence-corrected chi connectivity index (χ1v) is 7.15. The van der Waals surface area contributed by atoms with E-state index in [1.165, 1.54) is 6.08 Å². The third-order valence-corrected chi connectivity index (χ3v) is 3.60. The fourth-order valence-corrected chi connectivity index (χ4v) is 2.60. The van der Waals surface area contributed by atoms with Crippen molar-refractivity contribution >= 4 is 11.8 Å². The first-order chi connectivity index (χ1) is 10.0. The lowest BCUT2D eigenvalue weighted by Crippen LogP contribution is -2.16. The zero-order valence-electron chi connectivity index (χ0n) is 12.2. The van der Waals surface area contributed by atoms with Crippen molar-refractivity contribution in [3.05, 3.63) is 22.3 Å². The summed E-state index contributed by atoms with van der Waals surface area (Å²) in [6, 6.07) is 0. The highest BCUT2D eigenvalue weighted by molar-refractivity contribution is 5.83. The van der Waals surface area contributed by atoms with Crippen LogP contribution < -0.4 is 0 Å². The summed E-state index contributed by atoms with van der Waals surface area (Å²) in [5, 5.41) is 9.12. The minimum atomic E-state index is -0.854. The Hall–Kier alpha value is -1.92. The zero-order chi connectivity index (χ0) is 15.7. The molecule has 0 radical (unpaired) electrons. The molecule has 1 aliphatic carbocycles. The third-order valence-electron chi connectivity index (χ3n) is 3.60. The maximum atomic E-state index is 11.8. The molecule has 0 aliphatic heterocycles. The Bertz CT molecular complexity index is 406. The molecule has 0 aromatic heterocycles. The lowest BCUT2D eigenvalue weighted by atomic mass is 9.88. The lowest BCUT2D eigenvalue weighted by molar-refractivity contribution is -0.755. The Labute approximate surface area is 123 Å². The van der Waals surface area contributed by atoms with Gasteiger partial charge in [-0.2, -0.15) is 0 Å². The number of hydrogen-bond acceptors (Lipinski definition) is 6. The topological polar surface area (TPSA) is 95.7 Å². The number of carbonyl (C=O) groups excluding carboxylic acids is 2. The number of nitrogens with zero attached hydrogens (tertiary/aromatic N) is 1. The van der Waals surface area contributed by atoms with Gasteiger partial charge in [-0.1, -0.05) is 12.2 Å². The first kappa shape index (κ1) is 17.1. The van der Waals surface area contributed by atoms with Crippen LogP contribution >= 0.6 is 0 Å². The van der Waals surface area contributed by atoms with E-state index in [-0.39, 0.29) is 30.2 Å². The molecule has 2 unspecified atom stereocenters. The molecule has 118 valence electrons. The van der Waals surface area contributed by atoms with Crippen molar-refractivity contribution < 1.29 is 24.3 Å². The summed E-state index contributed by atoms with van der Waals surface area (Å²) < 4.78 is 4.88. The molecule has 0 N–H and O–H groups in total. The number of esters is 1. The van der Waals surface area contributed by atoms with E-state index in [2.05, 4.69) is 4.84 Å². The molecule has 21 heavy (non-hydrogen) atoms. The normalized spacial score (nSPS) is 21.7. The zero-order valence-corrected chi connectivity index (χ0v) is 12.2. The van der Waals surface area contributed by atoms with Crippen molar-refractivity contribution in [2.24, 2.45) is 11.8 Å². The summed E-state index contributed by atoms with van der Waals surface area (Å²) in [7, 11) is 0. The molecule has 0 bridgehead atoms. The van der Waals surface area contributed by atoms with Gasteiger partial charge in [0.2, 0.25) is 0 Å². The first-order valence-electron chi connectivity index (χ1n) is 7.15. The van der Waals surface area contributed by atoms with Crippen LogP contribution in [0.4, 0.5) is 0 Å². The molecular weight excluding hydrogens is 278 g/mol. The van der Waals surface area contributed by atoms with E-state index >= 15 is 0 Å². The Morgan fingerprint density at radius 3 is 2.90 bits per heavy atom. The number of hydrogen-bond donors (Lipinski definition) is 0. The molecule has 0 amide bonds. The second-order valence-electron chi connectivity index (χ2n) is 4.94. The van der Waals surface area contributed by atoms with Crippen LogP contribution in [0.25, 0.3) is 0 Å². The summed E-state index contributed by atoms with van der Waals surface area (Å²) in [4.78, 5) is 37.3. The second kappa shape index (κ2) is 9.10. The van der Waals surface area contributed by atoms with Crippen LogP contribution in [0.3, 0.4) is 0 Å². The van der Waals surface area contributed by atoms with E-state index in [9.17, 15) is 19.7 Å². The standard InChI is InChI=1S/C14H21NO6/c1-2-20-14(17)9-7-11-6-8-13(16)12(11)5-3-4-10-21-15(18)19/h3-4,11-12H,2,5-10H2,1H3/b4-3+. The summed E-state index contributed by atoms with van der Waals surface area (Å²) in [5.41, 5.74) is 0. The monoisotopic (exact) mass is 299 g/mol. The maximum absolute atomic E-state index is 11.8. The number of ketones is 1. The predicted octanol–water partition coefficient (Wildman–Crippen LogP) is 2.08. The highest BCUT2D eigenvalue weighted by Crippen LogP contribution is 2.34. The van der Waals surface area contributed by atoms with Gasteiger partial charge in [0.15, 0.2) is 0 Å². The predicted molar refractivity (Wildman–Crippen MR) is 73.8 cm³/mol. The fraction of sp³-hybridized carbons (Fsp3) is 0.714. The number of Topliss-reactive ketones (excluding diaryl/α,β-unsaturated/α-hetero) is 1. The van der Waals surface area contributed by atoms with Crippen molar-refractivity contribution in [3.8, 4) is 0 Å². The molecule has 1 rings (SSSR count). The molecule has 1 aliphatic rings. The van der Waals surface area contributed by atoms with Crippen molar-refractivity contribution in [1.29, 1.82) is 0 Å². The smallest absolute Gasteiger partial charge is 0.305 e. The minimum absolute atomic E-state index is 0.105. The molecule has 0 aromatic carbocycles. The largest absolute Gasteiger partial charge is 0.466 e. The molecule has 2 atom stereocenters. The quantitative estimate of drug-likeness (QED) is 0.280. The molecular formula is C14H21NO6. The molecule has 7 heteroatoms. The van der Waals surface area contributed by atoms with E-state index < -0.39 is 5.09 Å². The van der Waals surface area contributed by atoms with Crippen LogP contribution in [0, 0.1) is 22.0 Å². The van der Waals surface area contributed by atoms with Gasteiger partial charge in [0.05, 0.1) is 6.61 Å². The SMILES string of the molecule is CCOC(=O)CCC1CCC(=O)C1C/C=C/CO[N+](=O)[O-]. The van der Waals surface area contributed by atoms with Crippen LogP contribution in [-0.4, -0.2) is 30.1 Å². The van der Waals surface area contributed by atoms with Gasteiger partial charge in [0, 0.05) is 18.8 Å². The number of rotatable bonds is 9. The Morgan fingerprint density at radius 1 is 1.48 bits per heavy atom. The van der Waals surface area contributed by atoms with E-state index in [4.69, 9.17) is 4.74 Å². The van der Waals surface area contributed by atoms with E-state index in [0.29, 0.717) is 32.3 Å². The molecule has 0 aromatic rings. The van der Waals surface area contributed by atoms with Crippen molar-refractivity contribution in [3.63, 3.8) is 0 Å². The van der Waals surface area contributed by atoms with Crippen LogP contribution in [-0.2, 0) is 19.2 Å². The fourth-order valence-electron chi connectivity index (χ4n) is 2.60. The average Bonchev–Trinajstić information content (AvgIpc) is 2.77. The van der Waals surface area contributed by atoms with Gasteiger partial charge in [-0.3, -0.25) is 9.59 Å².